The Balaban J connectivity index is 4.81. The molecule has 0 aromatic rings. The minimum absolute atomic E-state index is 0.0929. The molecule has 0 aromatic carbocycles. The number of halogens is 1. The molecule has 0 aliphatic rings. The van der Waals surface area contributed by atoms with Crippen LogP contribution in [-0.2, 0) is 9.09 Å². The van der Waals surface area contributed by atoms with Crippen LogP contribution in [0, 0.1) is 0 Å². The van der Waals surface area contributed by atoms with Crippen molar-refractivity contribution >= 4 is 19.2 Å². The van der Waals surface area contributed by atoms with Crippen molar-refractivity contribution in [3.8, 4) is 0 Å². The van der Waals surface area contributed by atoms with Crippen molar-refractivity contribution in [1.29, 1.82) is 0 Å². The van der Waals surface area contributed by atoms with Crippen LogP contribution in [0.3, 0.4) is 0 Å². The summed E-state index contributed by atoms with van der Waals surface area (Å²) in [5.41, 5.74) is -0.725. The van der Waals surface area contributed by atoms with Gasteiger partial charge in [-0.05, 0) is 34.6 Å². The summed E-state index contributed by atoms with van der Waals surface area (Å²) < 4.78 is 15.9. The molecule has 0 saturated carbocycles. The van der Waals surface area contributed by atoms with Crippen LogP contribution >= 0.6 is 19.2 Å². The van der Waals surface area contributed by atoms with Crippen molar-refractivity contribution in [3.05, 3.63) is 0 Å². The highest BCUT2D eigenvalue weighted by Crippen LogP contribution is 2.48. The van der Waals surface area contributed by atoms with E-state index in [2.05, 4.69) is 4.52 Å². The van der Waals surface area contributed by atoms with Crippen LogP contribution in [0.2, 0.25) is 0 Å². The van der Waals surface area contributed by atoms with Crippen LogP contribution < -0.4 is 10.2 Å². The summed E-state index contributed by atoms with van der Waals surface area (Å²) in [4.78, 5) is 11.5. The Morgan fingerprint density at radius 2 is 1.73 bits per heavy atom. The molecule has 4 nitrogen and oxygen atoms in total. The number of rotatable bonds is 4. The number of nitrogens with two attached hydrogens (primary N) is 1. The van der Waals surface area contributed by atoms with E-state index in [-0.39, 0.29) is 5.54 Å². The van der Waals surface area contributed by atoms with Crippen molar-refractivity contribution in [2.45, 2.75) is 50.8 Å². The average molecular weight is 258 g/mol. The fourth-order valence-electron chi connectivity index (χ4n) is 1.68. The zero-order chi connectivity index (χ0) is 12.5. The molecule has 0 rings (SSSR count). The van der Waals surface area contributed by atoms with Gasteiger partial charge in [-0.3, -0.25) is 0 Å². The molecule has 0 saturated heterocycles. The highest BCUT2D eigenvalue weighted by Gasteiger charge is 2.41. The largest absolute Gasteiger partial charge is 0.777 e. The van der Waals surface area contributed by atoms with Gasteiger partial charge >= 0.3 is 0 Å². The van der Waals surface area contributed by atoms with E-state index in [0.29, 0.717) is 0 Å². The quantitative estimate of drug-likeness (QED) is 0.601. The molecule has 0 heterocycles. The van der Waals surface area contributed by atoms with E-state index in [4.69, 9.17) is 11.6 Å². The second-order valence-electron chi connectivity index (χ2n) is 5.39. The fourth-order valence-corrected chi connectivity index (χ4v) is 3.06. The molecule has 2 atom stereocenters. The SMILES string of the molecule is COP(=O)([O-])C(Cl)C(C)(C)[NH2+]C(C)(C)C. The molecule has 0 fully saturated rings. The second kappa shape index (κ2) is 4.72. The third kappa shape index (κ3) is 4.83. The van der Waals surface area contributed by atoms with Crippen LogP contribution in [0.15, 0.2) is 0 Å². The molecule has 92 valence electrons. The van der Waals surface area contributed by atoms with E-state index in [9.17, 15) is 9.46 Å². The molecule has 0 aliphatic heterocycles. The number of alkyl halides is 1. The van der Waals surface area contributed by atoms with Crippen LogP contribution in [0.25, 0.3) is 0 Å². The molecule has 0 radical (unpaired) electrons. The molecule has 2 unspecified atom stereocenters. The normalized spacial score (nSPS) is 19.7. The van der Waals surface area contributed by atoms with Gasteiger partial charge in [-0.25, -0.2) is 0 Å². The molecule has 0 amide bonds. The standard InChI is InChI=1S/C9H21ClNO3P/c1-8(2,3)11-9(4,5)7(10)15(12,13)14-6/h7,11H,1-6H3,(H,12,13). The Morgan fingerprint density at radius 1 is 1.33 bits per heavy atom. The van der Waals surface area contributed by atoms with Crippen molar-refractivity contribution in [1.82, 2.24) is 0 Å². The molecule has 0 spiro atoms. The molecule has 6 heteroatoms. The highest BCUT2D eigenvalue weighted by atomic mass is 35.5. The Kier molecular flexibility index (Phi) is 4.85. The van der Waals surface area contributed by atoms with E-state index >= 15 is 0 Å². The van der Waals surface area contributed by atoms with Gasteiger partial charge in [0.15, 0.2) is 12.7 Å². The van der Waals surface area contributed by atoms with Gasteiger partial charge in [-0.1, -0.05) is 0 Å². The Bertz CT molecular complexity index is 263. The third-order valence-corrected chi connectivity index (χ3v) is 4.96. The van der Waals surface area contributed by atoms with Crippen LogP contribution in [0.1, 0.15) is 34.6 Å². The molecule has 2 N–H and O–H groups in total. The zero-order valence-corrected chi connectivity index (χ0v) is 11.9. The Hall–Kier alpha value is 0.400. The van der Waals surface area contributed by atoms with Crippen molar-refractivity contribution in [2.75, 3.05) is 7.11 Å². The summed E-state index contributed by atoms with van der Waals surface area (Å²) in [6.45, 7) is 9.58. The van der Waals surface area contributed by atoms with Gasteiger partial charge in [-0.15, -0.1) is 11.6 Å². The lowest BCUT2D eigenvalue weighted by Gasteiger charge is -2.39. The number of hydrogen-bond acceptors (Lipinski definition) is 3. The fraction of sp³-hybridized carbons (Fsp3) is 1.00. The lowest BCUT2D eigenvalue weighted by Crippen LogP contribution is -3.04. The maximum atomic E-state index is 11.5. The summed E-state index contributed by atoms with van der Waals surface area (Å²) in [6.07, 6.45) is 0. The lowest BCUT2D eigenvalue weighted by molar-refractivity contribution is -0.773. The van der Waals surface area contributed by atoms with Crippen LogP contribution in [0.5, 0.6) is 0 Å². The highest BCUT2D eigenvalue weighted by molar-refractivity contribution is 7.54. The predicted molar refractivity (Wildman–Crippen MR) is 60.0 cm³/mol. The summed E-state index contributed by atoms with van der Waals surface area (Å²) in [5, 5.41) is 0.885. The molecule has 0 aliphatic carbocycles. The third-order valence-electron chi connectivity index (χ3n) is 1.95. The predicted octanol–water partition coefficient (Wildman–Crippen LogP) is 0.892. The average Bonchev–Trinajstić information content (AvgIpc) is 1.98. The van der Waals surface area contributed by atoms with E-state index in [1.807, 2.05) is 26.1 Å². The van der Waals surface area contributed by atoms with E-state index in [1.165, 1.54) is 0 Å². The molecule has 15 heavy (non-hydrogen) atoms. The minimum Gasteiger partial charge on any atom is -0.777 e. The molecule has 0 aromatic heterocycles. The Morgan fingerprint density at radius 3 is 2.00 bits per heavy atom. The van der Waals surface area contributed by atoms with Gasteiger partial charge in [0, 0.05) is 7.11 Å². The van der Waals surface area contributed by atoms with Crippen LogP contribution in [-0.4, -0.2) is 23.3 Å². The summed E-state index contributed by atoms with van der Waals surface area (Å²) in [5.74, 6) is 0. The first-order chi connectivity index (χ1) is 6.42. The second-order valence-corrected chi connectivity index (χ2v) is 8.09. The van der Waals surface area contributed by atoms with E-state index < -0.39 is 18.3 Å². The van der Waals surface area contributed by atoms with Gasteiger partial charge < -0.3 is 19.3 Å². The van der Waals surface area contributed by atoms with Crippen LogP contribution in [0.4, 0.5) is 0 Å². The van der Waals surface area contributed by atoms with E-state index in [1.54, 1.807) is 13.8 Å². The number of hydrogen-bond donors (Lipinski definition) is 1. The van der Waals surface area contributed by atoms with Crippen molar-refractivity contribution in [3.63, 3.8) is 0 Å². The molecular formula is C9H21ClNO3P. The topological polar surface area (TPSA) is 66.0 Å². The van der Waals surface area contributed by atoms with Gasteiger partial charge in [0.05, 0.1) is 5.54 Å². The maximum absolute atomic E-state index is 11.5. The van der Waals surface area contributed by atoms with Gasteiger partial charge in [0.25, 0.3) is 0 Å². The van der Waals surface area contributed by atoms with Gasteiger partial charge in [0.2, 0.25) is 0 Å². The summed E-state index contributed by atoms with van der Waals surface area (Å²) in [7, 11) is -2.85. The smallest absolute Gasteiger partial charge is 0.158 e. The van der Waals surface area contributed by atoms with Crippen molar-refractivity contribution < 1.29 is 19.3 Å². The lowest BCUT2D eigenvalue weighted by atomic mass is 10.0. The summed E-state index contributed by atoms with van der Waals surface area (Å²) in [6, 6.07) is 0. The number of quaternary nitrogens is 1. The first-order valence-corrected chi connectivity index (χ1v) is 6.85. The first kappa shape index (κ1) is 15.4. The van der Waals surface area contributed by atoms with Crippen molar-refractivity contribution in [2.24, 2.45) is 0 Å². The van der Waals surface area contributed by atoms with Gasteiger partial charge in [0.1, 0.15) is 5.54 Å². The molecular weight excluding hydrogens is 237 g/mol. The first-order valence-electron chi connectivity index (χ1n) is 4.80. The van der Waals surface area contributed by atoms with Gasteiger partial charge in [-0.2, -0.15) is 0 Å². The molecule has 0 bridgehead atoms. The summed E-state index contributed by atoms with van der Waals surface area (Å²) >= 11 is 5.94. The monoisotopic (exact) mass is 257 g/mol. The minimum atomic E-state index is -3.99. The zero-order valence-electron chi connectivity index (χ0n) is 10.2. The van der Waals surface area contributed by atoms with E-state index in [0.717, 1.165) is 7.11 Å². The Labute approximate surface area is 96.9 Å². The maximum Gasteiger partial charge on any atom is 0.158 e.